The number of carboxylic acid groups (broad SMARTS) is 1. The summed E-state index contributed by atoms with van der Waals surface area (Å²) in [5.74, 6) is -1.71. The van der Waals surface area contributed by atoms with E-state index in [2.05, 4.69) is 10.4 Å². The number of nitrogens with one attached hydrogen (secondary N) is 1. The second kappa shape index (κ2) is 8.72. The third-order valence-corrected chi connectivity index (χ3v) is 3.46. The van der Waals surface area contributed by atoms with Gasteiger partial charge < -0.3 is 10.4 Å². The highest BCUT2D eigenvalue weighted by molar-refractivity contribution is 5.92. The summed E-state index contributed by atoms with van der Waals surface area (Å²) in [5.41, 5.74) is -0.0130. The van der Waals surface area contributed by atoms with Gasteiger partial charge in [0.25, 0.3) is 11.5 Å². The van der Waals surface area contributed by atoms with Crippen LogP contribution in [0.1, 0.15) is 36.2 Å². The molecule has 2 N–H and O–H groups in total. The Morgan fingerprint density at radius 3 is 2.48 bits per heavy atom. The van der Waals surface area contributed by atoms with E-state index in [4.69, 9.17) is 5.11 Å². The van der Waals surface area contributed by atoms with Crippen LogP contribution in [0.25, 0.3) is 5.69 Å². The number of unbranched alkanes of at least 4 members (excludes halogenated alkanes) is 2. The molecule has 0 fully saturated rings. The lowest BCUT2D eigenvalue weighted by molar-refractivity contribution is -0.137. The van der Waals surface area contributed by atoms with Crippen LogP contribution < -0.4 is 10.9 Å². The van der Waals surface area contributed by atoms with Gasteiger partial charge in [0.15, 0.2) is 0 Å². The molecule has 2 rings (SSSR count). The predicted octanol–water partition coefficient (Wildman–Crippen LogP) is 1.75. The highest BCUT2D eigenvalue weighted by Gasteiger charge is 2.10. The van der Waals surface area contributed by atoms with Crippen LogP contribution in [-0.4, -0.2) is 33.3 Å². The number of carbonyl (C=O) groups is 2. The molecule has 0 atom stereocenters. The minimum atomic E-state index is -0.837. The van der Waals surface area contributed by atoms with E-state index in [0.29, 0.717) is 31.5 Å². The van der Waals surface area contributed by atoms with E-state index in [-0.39, 0.29) is 12.1 Å². The van der Waals surface area contributed by atoms with E-state index >= 15 is 0 Å². The van der Waals surface area contributed by atoms with Crippen molar-refractivity contribution in [3.05, 3.63) is 58.3 Å². The van der Waals surface area contributed by atoms with Crippen LogP contribution in [-0.2, 0) is 4.79 Å². The Morgan fingerprint density at radius 2 is 1.80 bits per heavy atom. The summed E-state index contributed by atoms with van der Waals surface area (Å²) in [6.45, 7) is 0.385. The van der Waals surface area contributed by atoms with Crippen molar-refractivity contribution < 1.29 is 19.1 Å². The first kappa shape index (κ1) is 18.3. The van der Waals surface area contributed by atoms with E-state index in [9.17, 15) is 18.8 Å². The Bertz CT molecular complexity index is 802. The van der Waals surface area contributed by atoms with Crippen molar-refractivity contribution in [2.75, 3.05) is 6.54 Å². The van der Waals surface area contributed by atoms with Crippen molar-refractivity contribution >= 4 is 11.9 Å². The topological polar surface area (TPSA) is 101 Å². The maximum absolute atomic E-state index is 13.0. The third-order valence-electron chi connectivity index (χ3n) is 3.46. The van der Waals surface area contributed by atoms with E-state index in [1.807, 2.05) is 0 Å². The van der Waals surface area contributed by atoms with Gasteiger partial charge in [-0.3, -0.25) is 14.4 Å². The van der Waals surface area contributed by atoms with E-state index in [0.717, 1.165) is 4.68 Å². The van der Waals surface area contributed by atoms with Crippen LogP contribution in [0.5, 0.6) is 0 Å². The molecule has 2 aromatic rings. The summed E-state index contributed by atoms with van der Waals surface area (Å²) in [5, 5.41) is 15.2. The van der Waals surface area contributed by atoms with Gasteiger partial charge in [-0.25, -0.2) is 4.39 Å². The molecule has 0 aliphatic heterocycles. The fourth-order valence-electron chi connectivity index (χ4n) is 2.17. The zero-order valence-corrected chi connectivity index (χ0v) is 13.4. The molecule has 0 radical (unpaired) electrons. The molecule has 0 aliphatic rings. The molecule has 132 valence electrons. The molecule has 8 heteroatoms. The number of nitrogens with zero attached hydrogens (tertiary/aromatic N) is 2. The average Bonchev–Trinajstić information content (AvgIpc) is 2.59. The summed E-state index contributed by atoms with van der Waals surface area (Å²) in [7, 11) is 0. The fraction of sp³-hybridized carbons (Fsp3) is 0.294. The highest BCUT2D eigenvalue weighted by atomic mass is 19.1. The van der Waals surface area contributed by atoms with Gasteiger partial charge in [-0.05, 0) is 43.2 Å². The van der Waals surface area contributed by atoms with Crippen molar-refractivity contribution in [2.24, 2.45) is 0 Å². The zero-order valence-electron chi connectivity index (χ0n) is 13.4. The first-order chi connectivity index (χ1) is 12.0. The van der Waals surface area contributed by atoms with Crippen LogP contribution in [0.2, 0.25) is 0 Å². The predicted molar refractivity (Wildman–Crippen MR) is 88.2 cm³/mol. The second-order valence-corrected chi connectivity index (χ2v) is 5.41. The number of hydrogen-bond donors (Lipinski definition) is 2. The summed E-state index contributed by atoms with van der Waals surface area (Å²) in [4.78, 5) is 34.4. The molecule has 0 saturated heterocycles. The molecule has 7 nitrogen and oxygen atoms in total. The summed E-state index contributed by atoms with van der Waals surface area (Å²) in [6, 6.07) is 7.74. The number of carbonyl (C=O) groups excluding carboxylic acids is 1. The van der Waals surface area contributed by atoms with Crippen LogP contribution in [0.3, 0.4) is 0 Å². The van der Waals surface area contributed by atoms with Gasteiger partial charge in [0, 0.05) is 19.0 Å². The second-order valence-electron chi connectivity index (χ2n) is 5.41. The standard InChI is InChI=1S/C17H18FN3O4/c18-12-5-7-13(8-6-12)21-15(22)10-9-14(20-21)17(25)19-11-3-1-2-4-16(23)24/h5-10H,1-4,11H2,(H,19,25)(H,23,24). The van der Waals surface area contributed by atoms with Crippen LogP contribution >= 0.6 is 0 Å². The number of carboxylic acids is 1. The molecule has 0 bridgehead atoms. The maximum Gasteiger partial charge on any atom is 0.303 e. The Kier molecular flexibility index (Phi) is 6.39. The molecule has 0 saturated carbocycles. The highest BCUT2D eigenvalue weighted by Crippen LogP contribution is 2.06. The Hall–Kier alpha value is -3.03. The van der Waals surface area contributed by atoms with Crippen LogP contribution in [0, 0.1) is 5.82 Å². The summed E-state index contributed by atoms with van der Waals surface area (Å²) < 4.78 is 14.0. The zero-order chi connectivity index (χ0) is 18.2. The fourth-order valence-corrected chi connectivity index (χ4v) is 2.17. The molecule has 0 aliphatic carbocycles. The largest absolute Gasteiger partial charge is 0.481 e. The molecular formula is C17H18FN3O4. The number of aromatic nitrogens is 2. The van der Waals surface area contributed by atoms with Crippen LogP contribution in [0.4, 0.5) is 4.39 Å². The first-order valence-electron chi connectivity index (χ1n) is 7.83. The van der Waals surface area contributed by atoms with Gasteiger partial charge in [0.05, 0.1) is 5.69 Å². The minimum absolute atomic E-state index is 0.0643. The lowest BCUT2D eigenvalue weighted by Gasteiger charge is -2.08. The van der Waals surface area contributed by atoms with Gasteiger partial charge in [0.1, 0.15) is 11.5 Å². The molecule has 1 aromatic carbocycles. The minimum Gasteiger partial charge on any atom is -0.481 e. The lowest BCUT2D eigenvalue weighted by Crippen LogP contribution is -2.29. The van der Waals surface area contributed by atoms with Gasteiger partial charge in [-0.1, -0.05) is 6.42 Å². The number of halogens is 1. The average molecular weight is 347 g/mol. The summed E-state index contributed by atoms with van der Waals surface area (Å²) in [6.07, 6.45) is 2.00. The molecule has 1 heterocycles. The SMILES string of the molecule is O=C(O)CCCCCNC(=O)c1ccc(=O)n(-c2ccc(F)cc2)n1. The molecule has 25 heavy (non-hydrogen) atoms. The molecule has 0 unspecified atom stereocenters. The Morgan fingerprint density at radius 1 is 1.08 bits per heavy atom. The third kappa shape index (κ3) is 5.52. The van der Waals surface area contributed by atoms with Gasteiger partial charge in [0.2, 0.25) is 0 Å². The smallest absolute Gasteiger partial charge is 0.303 e. The van der Waals surface area contributed by atoms with Crippen molar-refractivity contribution in [2.45, 2.75) is 25.7 Å². The molecule has 1 aromatic heterocycles. The molecule has 1 amide bonds. The quantitative estimate of drug-likeness (QED) is 0.709. The molecule has 0 spiro atoms. The number of rotatable bonds is 8. The molecular weight excluding hydrogens is 329 g/mol. The van der Waals surface area contributed by atoms with Crippen LogP contribution in [0.15, 0.2) is 41.2 Å². The van der Waals surface area contributed by atoms with Crippen molar-refractivity contribution in [3.8, 4) is 5.69 Å². The van der Waals surface area contributed by atoms with Gasteiger partial charge in [-0.15, -0.1) is 0 Å². The van der Waals surface area contributed by atoms with Crippen molar-refractivity contribution in [1.82, 2.24) is 15.1 Å². The van der Waals surface area contributed by atoms with E-state index < -0.39 is 23.3 Å². The number of aliphatic carboxylic acids is 1. The monoisotopic (exact) mass is 347 g/mol. The van der Waals surface area contributed by atoms with Gasteiger partial charge in [-0.2, -0.15) is 9.78 Å². The maximum atomic E-state index is 13.0. The van der Waals surface area contributed by atoms with E-state index in [1.165, 1.54) is 36.4 Å². The van der Waals surface area contributed by atoms with Crippen molar-refractivity contribution in [3.63, 3.8) is 0 Å². The van der Waals surface area contributed by atoms with Gasteiger partial charge >= 0.3 is 5.97 Å². The van der Waals surface area contributed by atoms with Crippen molar-refractivity contribution in [1.29, 1.82) is 0 Å². The number of amides is 1. The lowest BCUT2D eigenvalue weighted by atomic mass is 10.2. The summed E-state index contributed by atoms with van der Waals surface area (Å²) >= 11 is 0. The number of benzene rings is 1. The normalized spacial score (nSPS) is 10.4. The Labute approximate surface area is 143 Å². The van der Waals surface area contributed by atoms with E-state index in [1.54, 1.807) is 0 Å². The Balaban J connectivity index is 1.96. The number of hydrogen-bond acceptors (Lipinski definition) is 4. The first-order valence-corrected chi connectivity index (χ1v) is 7.83.